The van der Waals surface area contributed by atoms with Crippen molar-refractivity contribution in [1.29, 1.82) is 0 Å². The minimum atomic E-state index is -1.23. The van der Waals surface area contributed by atoms with Crippen LogP contribution in [-0.4, -0.2) is 155 Å². The van der Waals surface area contributed by atoms with Gasteiger partial charge in [-0.05, 0) is 128 Å². The molecule has 0 aromatic heterocycles. The molecule has 17 N–H and O–H groups in total. The number of nitrogens with one attached hydrogen (secondary N) is 8. The van der Waals surface area contributed by atoms with E-state index < -0.39 is 113 Å². The third-order valence-corrected chi connectivity index (χ3v) is 13.1. The molecule has 2 rings (SSSR count). The van der Waals surface area contributed by atoms with E-state index in [0.717, 1.165) is 0 Å². The van der Waals surface area contributed by atoms with Crippen molar-refractivity contribution in [2.75, 3.05) is 31.9 Å². The molecule has 0 aliphatic carbocycles. The second kappa shape index (κ2) is 33.7. The molecular weight excluding hydrogens is 979 g/mol. The Hall–Kier alpha value is -6.05. The van der Waals surface area contributed by atoms with Crippen LogP contribution in [0.2, 0.25) is 0 Å². The van der Waals surface area contributed by atoms with Crippen molar-refractivity contribution in [1.82, 2.24) is 47.4 Å². The van der Waals surface area contributed by atoms with E-state index in [1.165, 1.54) is 37.8 Å². The number of hydrogen-bond acceptors (Lipinski definition) is 15. The van der Waals surface area contributed by atoms with Crippen LogP contribution in [0.4, 0.5) is 0 Å². The van der Waals surface area contributed by atoms with Gasteiger partial charge in [-0.2, -0.15) is 12.6 Å². The number of aromatic hydroxyl groups is 1. The molecule has 1 heterocycles. The number of rotatable bonds is 34. The lowest BCUT2D eigenvalue weighted by molar-refractivity contribution is -0.142. The van der Waals surface area contributed by atoms with Gasteiger partial charge in [0.1, 0.15) is 60.1 Å². The van der Waals surface area contributed by atoms with E-state index in [1.807, 2.05) is 6.92 Å². The number of phenolic OH excluding ortho intramolecular Hbond substituents is 1. The molecule has 25 heteroatoms. The SMILES string of the molecule is CC[C@H](C)[C@H](NC(C)=O)C(=O)N[C@@H](Cc1ccc(O)cc1)C(=O)N[C@@H](C)C(=O)N[C@@H](C)C(=O)N1CCC[C@H]1C(=O)N[C@@H](CCCCN)C(=O)N[C@@H](CCCCN)C(=O)N[C@@H](CCCCN)C(=O)N[C@@H](CS)C(N)=O. The molecule has 0 unspecified atom stereocenters. The summed E-state index contributed by atoms with van der Waals surface area (Å²) in [6.07, 6.45) is 4.42. The highest BCUT2D eigenvalue weighted by Crippen LogP contribution is 2.20. The highest BCUT2D eigenvalue weighted by Gasteiger charge is 2.39. The molecular formula is C49H83N13O11S. The Balaban J connectivity index is 2.25. The topological polar surface area (TPSA) is 394 Å². The lowest BCUT2D eigenvalue weighted by atomic mass is 9.97. The second-order valence-electron chi connectivity index (χ2n) is 18.8. The van der Waals surface area contributed by atoms with Crippen LogP contribution in [0.1, 0.15) is 117 Å². The standard InChI is InChI=1S/C49H83N13O11S/c1-6-28(2)40(56-31(5)63)48(72)60-37(26-32-18-20-33(64)21-19-32)46(70)54-29(3)42(66)55-30(4)49(73)62-25-13-17-39(62)47(71)59-36(16-9-12-24-52)44(68)57-34(14-7-10-22-50)43(67)58-35(15-8-11-23-51)45(69)61-38(27-74)41(53)65/h18-21,28-30,34-40,64,74H,6-17,22-27,50-52H2,1-5H3,(H2,53,65)(H,54,70)(H,55,66)(H,56,63)(H,57,68)(H,58,67)(H,59,71)(H,60,72)(H,61,69)/t28-,29-,30-,34-,35-,36-,37-,38-,39-,40-/m0/s1. The maximum Gasteiger partial charge on any atom is 0.245 e. The van der Waals surface area contributed by atoms with Crippen LogP contribution in [0.5, 0.6) is 5.75 Å². The van der Waals surface area contributed by atoms with E-state index in [9.17, 15) is 53.1 Å². The first-order valence-electron chi connectivity index (χ1n) is 25.6. The van der Waals surface area contributed by atoms with Crippen LogP contribution >= 0.6 is 12.6 Å². The molecule has 74 heavy (non-hydrogen) atoms. The van der Waals surface area contributed by atoms with E-state index in [4.69, 9.17) is 22.9 Å². The van der Waals surface area contributed by atoms with Gasteiger partial charge in [-0.3, -0.25) is 47.9 Å². The van der Waals surface area contributed by atoms with Crippen molar-refractivity contribution >= 4 is 71.7 Å². The fourth-order valence-electron chi connectivity index (χ4n) is 8.17. The monoisotopic (exact) mass is 1060 g/mol. The van der Waals surface area contributed by atoms with Gasteiger partial charge in [-0.15, -0.1) is 0 Å². The van der Waals surface area contributed by atoms with Gasteiger partial charge in [0.15, 0.2) is 0 Å². The first-order valence-corrected chi connectivity index (χ1v) is 26.2. The highest BCUT2D eigenvalue weighted by molar-refractivity contribution is 7.80. The zero-order chi connectivity index (χ0) is 55.5. The van der Waals surface area contributed by atoms with E-state index in [1.54, 1.807) is 19.1 Å². The number of carbonyl (C=O) groups is 10. The molecule has 1 aliphatic rings. The summed E-state index contributed by atoms with van der Waals surface area (Å²) in [7, 11) is 0. The van der Waals surface area contributed by atoms with E-state index >= 15 is 0 Å². The molecule has 10 amide bonds. The highest BCUT2D eigenvalue weighted by atomic mass is 32.1. The number of hydrogen-bond donors (Lipinski definition) is 14. The van der Waals surface area contributed by atoms with Crippen molar-refractivity contribution in [2.45, 2.75) is 172 Å². The summed E-state index contributed by atoms with van der Waals surface area (Å²) in [5, 5.41) is 31.1. The number of unbranched alkanes of at least 4 members (excludes halogenated alkanes) is 3. The quantitative estimate of drug-likeness (QED) is 0.0255. The predicted octanol–water partition coefficient (Wildman–Crippen LogP) is -2.29. The Kier molecular flexibility index (Phi) is 29.2. The Morgan fingerprint density at radius 2 is 1.08 bits per heavy atom. The third-order valence-electron chi connectivity index (χ3n) is 12.8. The maximum absolute atomic E-state index is 14.1. The molecule has 0 spiro atoms. The lowest BCUT2D eigenvalue weighted by Gasteiger charge is -2.30. The fourth-order valence-corrected chi connectivity index (χ4v) is 8.44. The number of carbonyl (C=O) groups excluding carboxylic acids is 10. The first-order chi connectivity index (χ1) is 35.1. The molecule has 1 fully saturated rings. The van der Waals surface area contributed by atoms with E-state index in [-0.39, 0.29) is 56.1 Å². The Labute approximate surface area is 439 Å². The van der Waals surface area contributed by atoms with Gasteiger partial charge in [-0.1, -0.05) is 32.4 Å². The van der Waals surface area contributed by atoms with Crippen LogP contribution in [0, 0.1) is 5.92 Å². The van der Waals surface area contributed by atoms with E-state index in [2.05, 4.69) is 55.2 Å². The van der Waals surface area contributed by atoms with Gasteiger partial charge < -0.3 is 75.5 Å². The summed E-state index contributed by atoms with van der Waals surface area (Å²) in [5.41, 5.74) is 23.1. The molecule has 24 nitrogen and oxygen atoms in total. The molecule has 1 aromatic carbocycles. The molecule has 0 saturated carbocycles. The average molecular weight is 1060 g/mol. The van der Waals surface area contributed by atoms with Crippen molar-refractivity contribution in [3.05, 3.63) is 29.8 Å². The molecule has 1 aliphatic heterocycles. The van der Waals surface area contributed by atoms with Crippen LogP contribution in [-0.2, 0) is 54.4 Å². The largest absolute Gasteiger partial charge is 0.508 e. The summed E-state index contributed by atoms with van der Waals surface area (Å²) in [6, 6.07) is -4.23. The summed E-state index contributed by atoms with van der Waals surface area (Å²) in [4.78, 5) is 135. The van der Waals surface area contributed by atoms with Gasteiger partial charge in [0.05, 0.1) is 0 Å². The minimum Gasteiger partial charge on any atom is -0.508 e. The number of nitrogens with two attached hydrogens (primary N) is 4. The smallest absolute Gasteiger partial charge is 0.245 e. The van der Waals surface area contributed by atoms with Crippen molar-refractivity contribution in [3.63, 3.8) is 0 Å². The van der Waals surface area contributed by atoms with Gasteiger partial charge in [-0.25, -0.2) is 0 Å². The van der Waals surface area contributed by atoms with Crippen LogP contribution in [0.15, 0.2) is 24.3 Å². The molecule has 1 saturated heterocycles. The number of primary amides is 1. The van der Waals surface area contributed by atoms with Crippen molar-refractivity contribution in [3.8, 4) is 5.75 Å². The number of thiol groups is 1. The Morgan fingerprint density at radius 3 is 1.54 bits per heavy atom. The van der Waals surface area contributed by atoms with Gasteiger partial charge in [0, 0.05) is 25.6 Å². The van der Waals surface area contributed by atoms with Crippen molar-refractivity contribution in [2.24, 2.45) is 28.9 Å². The first kappa shape index (κ1) is 64.1. The Morgan fingerprint density at radius 1 is 0.622 bits per heavy atom. The lowest BCUT2D eigenvalue weighted by Crippen LogP contribution is -2.60. The second-order valence-corrected chi connectivity index (χ2v) is 19.2. The third kappa shape index (κ3) is 21.8. The zero-order valence-electron chi connectivity index (χ0n) is 43.5. The molecule has 416 valence electrons. The van der Waals surface area contributed by atoms with Crippen molar-refractivity contribution < 1.29 is 53.1 Å². The molecule has 1 aromatic rings. The summed E-state index contributed by atoms with van der Waals surface area (Å²) >= 11 is 4.08. The normalized spacial score (nSPS) is 16.8. The van der Waals surface area contributed by atoms with Gasteiger partial charge in [0.25, 0.3) is 0 Å². The Bertz CT molecular complexity index is 2030. The fraction of sp³-hybridized carbons (Fsp3) is 0.673. The molecule has 10 atom stereocenters. The van der Waals surface area contributed by atoms with Crippen LogP contribution < -0.4 is 65.5 Å². The molecule has 0 radical (unpaired) electrons. The molecule has 0 bridgehead atoms. The zero-order valence-corrected chi connectivity index (χ0v) is 44.4. The number of amides is 10. The number of likely N-dealkylation sites (tertiary alicyclic amines) is 1. The number of nitrogens with zero attached hydrogens (tertiary/aromatic N) is 1. The van der Waals surface area contributed by atoms with E-state index in [0.29, 0.717) is 76.6 Å². The maximum atomic E-state index is 14.1. The predicted molar refractivity (Wildman–Crippen MR) is 280 cm³/mol. The van der Waals surface area contributed by atoms with Crippen LogP contribution in [0.25, 0.3) is 0 Å². The minimum absolute atomic E-state index is 0.0122. The average Bonchev–Trinajstić information content (AvgIpc) is 3.86. The summed E-state index contributed by atoms with van der Waals surface area (Å²) < 4.78 is 0. The number of benzene rings is 1. The summed E-state index contributed by atoms with van der Waals surface area (Å²) in [5.74, 6) is -7.06. The van der Waals surface area contributed by atoms with Crippen LogP contribution in [0.3, 0.4) is 0 Å². The summed E-state index contributed by atoms with van der Waals surface area (Å²) in [6.45, 7) is 8.81. The van der Waals surface area contributed by atoms with Gasteiger partial charge in [0.2, 0.25) is 59.1 Å². The number of phenols is 1. The van der Waals surface area contributed by atoms with Gasteiger partial charge >= 0.3 is 0 Å².